The molecule has 178 valence electrons. The molecule has 3 heterocycles. The van der Waals surface area contributed by atoms with Gasteiger partial charge in [-0.25, -0.2) is 9.59 Å². The summed E-state index contributed by atoms with van der Waals surface area (Å²) in [5, 5.41) is 14.5. The number of aryl methyl sites for hydroxylation is 1. The zero-order valence-electron chi connectivity index (χ0n) is 18.8. The van der Waals surface area contributed by atoms with Crippen molar-refractivity contribution in [1.29, 1.82) is 0 Å². The Balaban J connectivity index is 1.90. The van der Waals surface area contributed by atoms with Gasteiger partial charge < -0.3 is 30.1 Å². The second-order valence-corrected chi connectivity index (χ2v) is 8.76. The molecule has 0 spiro atoms. The zero-order chi connectivity index (χ0) is 24.0. The summed E-state index contributed by atoms with van der Waals surface area (Å²) in [6.07, 6.45) is 2.03. The molecular formula is C21H28N6O5S. The summed E-state index contributed by atoms with van der Waals surface area (Å²) < 4.78 is 12.6. The maximum atomic E-state index is 12.8. The molecule has 33 heavy (non-hydrogen) atoms. The fourth-order valence-electron chi connectivity index (χ4n) is 3.38. The number of hydrogen-bond donors (Lipinski definition) is 3. The van der Waals surface area contributed by atoms with Crippen molar-refractivity contribution in [3.63, 3.8) is 0 Å². The highest BCUT2D eigenvalue weighted by atomic mass is 32.2. The van der Waals surface area contributed by atoms with E-state index in [1.165, 1.54) is 18.0 Å². The van der Waals surface area contributed by atoms with Crippen molar-refractivity contribution in [1.82, 2.24) is 25.4 Å². The summed E-state index contributed by atoms with van der Waals surface area (Å²) in [6, 6.07) is 2.14. The van der Waals surface area contributed by atoms with Gasteiger partial charge in [0.15, 0.2) is 5.16 Å². The Morgan fingerprint density at radius 3 is 2.79 bits per heavy atom. The lowest BCUT2D eigenvalue weighted by Crippen LogP contribution is -2.46. The first-order valence-corrected chi connectivity index (χ1v) is 11.6. The smallest absolute Gasteiger partial charge is 0.338 e. The number of hydrogen-bond acceptors (Lipinski definition) is 8. The van der Waals surface area contributed by atoms with Crippen molar-refractivity contribution in [2.24, 2.45) is 11.7 Å². The van der Waals surface area contributed by atoms with Gasteiger partial charge in [0.1, 0.15) is 17.6 Å². The lowest BCUT2D eigenvalue weighted by atomic mass is 10.0. The molecule has 0 saturated carbocycles. The SMILES string of the molecule is CCOC(=O)C1=C(CSc2nnc(CCC(N)=O)n2CC(C)C)NC(=O)NC1c1ccco1. The van der Waals surface area contributed by atoms with Crippen LogP contribution in [-0.2, 0) is 27.3 Å². The molecule has 0 bridgehead atoms. The molecule has 1 unspecified atom stereocenters. The van der Waals surface area contributed by atoms with Crippen LogP contribution in [0.25, 0.3) is 0 Å². The zero-order valence-corrected chi connectivity index (χ0v) is 19.6. The predicted octanol–water partition coefficient (Wildman–Crippen LogP) is 1.91. The predicted molar refractivity (Wildman–Crippen MR) is 120 cm³/mol. The van der Waals surface area contributed by atoms with Crippen LogP contribution in [0.5, 0.6) is 0 Å². The molecule has 2 aromatic rings. The Morgan fingerprint density at radius 1 is 1.36 bits per heavy atom. The van der Waals surface area contributed by atoms with Crippen molar-refractivity contribution >= 4 is 29.7 Å². The highest BCUT2D eigenvalue weighted by Gasteiger charge is 2.35. The molecule has 3 rings (SSSR count). The second kappa shape index (κ2) is 11.0. The van der Waals surface area contributed by atoms with E-state index in [0.717, 1.165) is 0 Å². The number of nitrogens with two attached hydrogens (primary N) is 1. The average Bonchev–Trinajstić information content (AvgIpc) is 3.40. The molecule has 0 aliphatic carbocycles. The van der Waals surface area contributed by atoms with Crippen LogP contribution >= 0.6 is 11.8 Å². The van der Waals surface area contributed by atoms with E-state index in [2.05, 4.69) is 34.7 Å². The van der Waals surface area contributed by atoms with Crippen molar-refractivity contribution in [2.75, 3.05) is 12.4 Å². The number of amides is 3. The van der Waals surface area contributed by atoms with Crippen LogP contribution < -0.4 is 16.4 Å². The maximum absolute atomic E-state index is 12.8. The number of rotatable bonds is 11. The van der Waals surface area contributed by atoms with Crippen molar-refractivity contribution in [3.8, 4) is 0 Å². The van der Waals surface area contributed by atoms with E-state index in [9.17, 15) is 14.4 Å². The van der Waals surface area contributed by atoms with E-state index in [4.69, 9.17) is 14.9 Å². The first-order valence-electron chi connectivity index (χ1n) is 10.6. The lowest BCUT2D eigenvalue weighted by molar-refractivity contribution is -0.139. The molecule has 3 amide bonds. The van der Waals surface area contributed by atoms with Gasteiger partial charge in [0, 0.05) is 30.8 Å². The Morgan fingerprint density at radius 2 is 2.15 bits per heavy atom. The number of nitrogens with one attached hydrogen (secondary N) is 2. The van der Waals surface area contributed by atoms with Gasteiger partial charge in [-0.15, -0.1) is 10.2 Å². The average molecular weight is 477 g/mol. The molecule has 0 aromatic carbocycles. The van der Waals surface area contributed by atoms with Gasteiger partial charge in [-0.3, -0.25) is 4.79 Å². The Hall–Kier alpha value is -3.28. The number of esters is 1. The van der Waals surface area contributed by atoms with E-state index in [1.807, 2.05) is 4.57 Å². The fourth-order valence-corrected chi connectivity index (χ4v) is 4.32. The molecule has 0 fully saturated rings. The van der Waals surface area contributed by atoms with E-state index in [1.54, 1.807) is 19.1 Å². The van der Waals surface area contributed by atoms with Crippen LogP contribution in [-0.4, -0.2) is 45.0 Å². The third-order valence-electron chi connectivity index (χ3n) is 4.76. The summed E-state index contributed by atoms with van der Waals surface area (Å²) >= 11 is 1.33. The third kappa shape index (κ3) is 6.15. The van der Waals surface area contributed by atoms with Crippen molar-refractivity contribution < 1.29 is 23.5 Å². The number of aromatic nitrogens is 3. The standard InChI is InChI=1S/C21H28N6O5S/c1-4-31-19(29)17-13(23-20(30)24-18(17)14-6-5-9-32-14)11-33-21-26-25-16(8-7-15(22)28)27(21)10-12(2)3/h5-6,9,12,18H,4,7-8,10-11H2,1-3H3,(H2,22,28)(H2,23,24,30). The number of carbonyl (C=O) groups excluding carboxylic acids is 3. The van der Waals surface area contributed by atoms with E-state index >= 15 is 0 Å². The topological polar surface area (TPSA) is 154 Å². The lowest BCUT2D eigenvalue weighted by Gasteiger charge is -2.27. The molecule has 0 radical (unpaired) electrons. The van der Waals surface area contributed by atoms with Gasteiger partial charge in [0.25, 0.3) is 0 Å². The number of carbonyl (C=O) groups is 3. The minimum Gasteiger partial charge on any atom is -0.467 e. The van der Waals surface area contributed by atoms with Crippen LogP contribution in [0, 0.1) is 5.92 Å². The van der Waals surface area contributed by atoms with Crippen molar-refractivity contribution in [2.45, 2.75) is 51.4 Å². The van der Waals surface area contributed by atoms with Crippen LogP contribution in [0.15, 0.2) is 39.2 Å². The molecule has 1 atom stereocenters. The van der Waals surface area contributed by atoms with Crippen LogP contribution in [0.3, 0.4) is 0 Å². The van der Waals surface area contributed by atoms with Gasteiger partial charge in [-0.05, 0) is 25.0 Å². The normalized spacial score (nSPS) is 16.0. The maximum Gasteiger partial charge on any atom is 0.338 e. The monoisotopic (exact) mass is 476 g/mol. The van der Waals surface area contributed by atoms with Crippen molar-refractivity contribution in [3.05, 3.63) is 41.3 Å². The highest BCUT2D eigenvalue weighted by Crippen LogP contribution is 2.31. The van der Waals surface area contributed by atoms with E-state index in [-0.39, 0.29) is 24.4 Å². The van der Waals surface area contributed by atoms with E-state index < -0.39 is 23.9 Å². The number of ether oxygens (including phenoxy) is 1. The number of furan rings is 1. The number of thioether (sulfide) groups is 1. The molecular weight excluding hydrogens is 448 g/mol. The first kappa shape index (κ1) is 24.4. The minimum absolute atomic E-state index is 0.172. The quantitative estimate of drug-likeness (QED) is 0.328. The van der Waals surface area contributed by atoms with E-state index in [0.29, 0.717) is 41.3 Å². The summed E-state index contributed by atoms with van der Waals surface area (Å²) in [7, 11) is 0. The summed E-state index contributed by atoms with van der Waals surface area (Å²) in [5.74, 6) is 0.676. The Bertz CT molecular complexity index is 1030. The molecule has 0 saturated heterocycles. The number of primary amides is 1. The Kier molecular flexibility index (Phi) is 8.15. The first-order chi connectivity index (χ1) is 15.8. The summed E-state index contributed by atoms with van der Waals surface area (Å²) in [4.78, 5) is 36.4. The summed E-state index contributed by atoms with van der Waals surface area (Å²) in [6.45, 7) is 6.68. The Labute approximate surface area is 195 Å². The largest absolute Gasteiger partial charge is 0.467 e. The van der Waals surface area contributed by atoms with Crippen LogP contribution in [0.1, 0.15) is 44.8 Å². The van der Waals surface area contributed by atoms with Gasteiger partial charge in [0.05, 0.1) is 18.4 Å². The van der Waals surface area contributed by atoms with Gasteiger partial charge in [0.2, 0.25) is 5.91 Å². The third-order valence-corrected chi connectivity index (χ3v) is 5.75. The minimum atomic E-state index is -0.775. The second-order valence-electron chi connectivity index (χ2n) is 7.82. The number of urea groups is 1. The molecule has 12 heteroatoms. The molecule has 2 aromatic heterocycles. The molecule has 1 aliphatic heterocycles. The molecule has 1 aliphatic rings. The van der Waals surface area contributed by atoms with Crippen LogP contribution in [0.4, 0.5) is 4.79 Å². The van der Waals surface area contributed by atoms with Gasteiger partial charge in [-0.1, -0.05) is 25.6 Å². The van der Waals surface area contributed by atoms with Gasteiger partial charge in [-0.2, -0.15) is 0 Å². The van der Waals surface area contributed by atoms with Crippen LogP contribution in [0.2, 0.25) is 0 Å². The van der Waals surface area contributed by atoms with Gasteiger partial charge >= 0.3 is 12.0 Å². The number of nitrogens with zero attached hydrogens (tertiary/aromatic N) is 3. The fraction of sp³-hybridized carbons (Fsp3) is 0.476. The molecule has 4 N–H and O–H groups in total. The highest BCUT2D eigenvalue weighted by molar-refractivity contribution is 7.99. The summed E-state index contributed by atoms with van der Waals surface area (Å²) in [5.41, 5.74) is 5.95. The molecule has 11 nitrogen and oxygen atoms in total.